The number of hydrogen-bond donors (Lipinski definition) is 1. The molecule has 174 valence electrons. The molecule has 1 N–H and O–H groups in total. The van der Waals surface area contributed by atoms with Crippen molar-refractivity contribution in [1.29, 1.82) is 0 Å². The molecule has 0 unspecified atom stereocenters. The lowest BCUT2D eigenvalue weighted by molar-refractivity contribution is 0.0187. The Morgan fingerprint density at radius 3 is 2.32 bits per heavy atom. The summed E-state index contributed by atoms with van der Waals surface area (Å²) in [6, 6.07) is 4.32. The minimum Gasteiger partial charge on any atom is -0.444 e. The van der Waals surface area contributed by atoms with Crippen molar-refractivity contribution in [3.63, 3.8) is 0 Å². The van der Waals surface area contributed by atoms with Gasteiger partial charge in [0.05, 0.1) is 0 Å². The van der Waals surface area contributed by atoms with E-state index in [-0.39, 0.29) is 24.1 Å². The zero-order chi connectivity index (χ0) is 22.6. The number of carbonyl (C=O) groups is 2. The van der Waals surface area contributed by atoms with Gasteiger partial charge in [-0.05, 0) is 64.5 Å². The highest BCUT2D eigenvalue weighted by molar-refractivity contribution is 5.93. The Morgan fingerprint density at radius 1 is 1.10 bits per heavy atom. The van der Waals surface area contributed by atoms with Crippen LogP contribution in [0, 0.1) is 5.92 Å². The van der Waals surface area contributed by atoms with Gasteiger partial charge in [0.1, 0.15) is 11.3 Å². The van der Waals surface area contributed by atoms with Crippen LogP contribution in [0.15, 0.2) is 18.3 Å². The Hall–Kier alpha value is -2.02. The van der Waals surface area contributed by atoms with Crippen molar-refractivity contribution in [3.05, 3.63) is 24.0 Å². The topological polar surface area (TPSA) is 66.8 Å². The van der Waals surface area contributed by atoms with Crippen LogP contribution in [0.5, 0.6) is 0 Å². The summed E-state index contributed by atoms with van der Waals surface area (Å²) in [6.45, 7) is 14.7. The van der Waals surface area contributed by atoms with Crippen LogP contribution in [0.1, 0.15) is 76.8 Å². The zero-order valence-electron chi connectivity index (χ0n) is 19.9. The third-order valence-corrected chi connectivity index (χ3v) is 6.07. The second-order valence-corrected chi connectivity index (χ2v) is 10.4. The number of ether oxygens (including phenoxy) is 1. The third kappa shape index (κ3) is 6.73. The summed E-state index contributed by atoms with van der Waals surface area (Å²) >= 11 is 0. The van der Waals surface area contributed by atoms with E-state index in [0.717, 1.165) is 51.0 Å². The van der Waals surface area contributed by atoms with E-state index in [1.807, 2.05) is 39.1 Å². The number of aromatic nitrogens is 1. The van der Waals surface area contributed by atoms with Crippen molar-refractivity contribution >= 4 is 12.0 Å². The van der Waals surface area contributed by atoms with Crippen LogP contribution in [0.4, 0.5) is 4.79 Å². The standard InChI is InChI=1S/C24H40N4O3/c1-18(2)17-26-13-8-19(9-14-26)25-22(29)21-7-6-12-28(21)20-10-15-27(16-11-20)23(30)31-24(3,4)5/h6-7,12,18-20H,8-11,13-17H2,1-5H3,(H,25,29). The van der Waals surface area contributed by atoms with E-state index >= 15 is 0 Å². The molecule has 7 heteroatoms. The van der Waals surface area contributed by atoms with Crippen molar-refractivity contribution in [1.82, 2.24) is 19.7 Å². The summed E-state index contributed by atoms with van der Waals surface area (Å²) in [5, 5.41) is 3.26. The average Bonchev–Trinajstić information content (AvgIpc) is 3.18. The van der Waals surface area contributed by atoms with Crippen molar-refractivity contribution < 1.29 is 14.3 Å². The molecule has 2 aliphatic heterocycles. The summed E-state index contributed by atoms with van der Waals surface area (Å²) in [7, 11) is 0. The highest BCUT2D eigenvalue weighted by Crippen LogP contribution is 2.26. The molecule has 1 aromatic heterocycles. The van der Waals surface area contributed by atoms with E-state index < -0.39 is 5.60 Å². The molecule has 1 aromatic rings. The van der Waals surface area contributed by atoms with E-state index in [0.29, 0.717) is 19.0 Å². The van der Waals surface area contributed by atoms with Crippen LogP contribution in [0.25, 0.3) is 0 Å². The molecule has 3 rings (SSSR count). The minimum absolute atomic E-state index is 0.0156. The monoisotopic (exact) mass is 432 g/mol. The van der Waals surface area contributed by atoms with Crippen LogP contribution >= 0.6 is 0 Å². The minimum atomic E-state index is -0.482. The lowest BCUT2D eigenvalue weighted by atomic mass is 10.0. The van der Waals surface area contributed by atoms with Gasteiger partial charge in [0, 0.05) is 51.0 Å². The normalized spacial score (nSPS) is 19.6. The Kier molecular flexibility index (Phi) is 7.68. The van der Waals surface area contributed by atoms with Crippen LogP contribution < -0.4 is 5.32 Å². The lowest BCUT2D eigenvalue weighted by Crippen LogP contribution is -2.46. The largest absolute Gasteiger partial charge is 0.444 e. The van der Waals surface area contributed by atoms with Crippen molar-refractivity contribution in [2.45, 2.75) is 78.0 Å². The van der Waals surface area contributed by atoms with E-state index in [4.69, 9.17) is 4.74 Å². The van der Waals surface area contributed by atoms with Crippen molar-refractivity contribution in [2.24, 2.45) is 5.92 Å². The fourth-order valence-electron chi connectivity index (χ4n) is 4.59. The molecule has 0 aliphatic carbocycles. The highest BCUT2D eigenvalue weighted by atomic mass is 16.6. The number of nitrogens with zero attached hydrogens (tertiary/aromatic N) is 3. The number of carbonyl (C=O) groups excluding carboxylic acids is 2. The molecule has 2 saturated heterocycles. The maximum absolute atomic E-state index is 13.0. The smallest absolute Gasteiger partial charge is 0.410 e. The third-order valence-electron chi connectivity index (χ3n) is 6.07. The molecule has 0 bridgehead atoms. The second-order valence-electron chi connectivity index (χ2n) is 10.4. The van der Waals surface area contributed by atoms with Crippen molar-refractivity contribution in [2.75, 3.05) is 32.7 Å². The van der Waals surface area contributed by atoms with Gasteiger partial charge in [-0.2, -0.15) is 0 Å². The van der Waals surface area contributed by atoms with Crippen LogP contribution in [-0.2, 0) is 4.74 Å². The number of rotatable bonds is 5. The molecule has 0 spiro atoms. The maximum atomic E-state index is 13.0. The van der Waals surface area contributed by atoms with Crippen LogP contribution in [0.2, 0.25) is 0 Å². The summed E-state index contributed by atoms with van der Waals surface area (Å²) in [4.78, 5) is 29.6. The van der Waals surface area contributed by atoms with E-state index in [2.05, 4.69) is 28.6 Å². The first-order valence-corrected chi connectivity index (χ1v) is 11.8. The number of nitrogens with one attached hydrogen (secondary N) is 1. The Balaban J connectivity index is 1.51. The van der Waals surface area contributed by atoms with Gasteiger partial charge in [0.25, 0.3) is 5.91 Å². The molecule has 0 radical (unpaired) electrons. The zero-order valence-corrected chi connectivity index (χ0v) is 19.9. The van der Waals surface area contributed by atoms with E-state index in [1.165, 1.54) is 0 Å². The van der Waals surface area contributed by atoms with E-state index in [9.17, 15) is 9.59 Å². The summed E-state index contributed by atoms with van der Waals surface area (Å²) in [5.74, 6) is 0.693. The van der Waals surface area contributed by atoms with Gasteiger partial charge in [-0.15, -0.1) is 0 Å². The van der Waals surface area contributed by atoms with Crippen LogP contribution in [-0.4, -0.2) is 70.7 Å². The molecule has 7 nitrogen and oxygen atoms in total. The SMILES string of the molecule is CC(C)CN1CCC(NC(=O)c2cccn2C2CCN(C(=O)OC(C)(C)C)CC2)CC1. The number of hydrogen-bond acceptors (Lipinski definition) is 4. The van der Waals surface area contributed by atoms with E-state index in [1.54, 1.807) is 4.90 Å². The van der Waals surface area contributed by atoms with Gasteiger partial charge >= 0.3 is 6.09 Å². The molecule has 0 atom stereocenters. The van der Waals surface area contributed by atoms with Gasteiger partial charge in [-0.25, -0.2) is 4.79 Å². The van der Waals surface area contributed by atoms with Gasteiger partial charge in [0.15, 0.2) is 0 Å². The molecule has 2 fully saturated rings. The second kappa shape index (κ2) is 10.1. The van der Waals surface area contributed by atoms with Gasteiger partial charge in [-0.1, -0.05) is 13.8 Å². The maximum Gasteiger partial charge on any atom is 0.410 e. The molecule has 3 heterocycles. The van der Waals surface area contributed by atoms with Gasteiger partial charge in [-0.3, -0.25) is 4.79 Å². The fourth-order valence-corrected chi connectivity index (χ4v) is 4.59. The predicted molar refractivity (Wildman–Crippen MR) is 122 cm³/mol. The molecular weight excluding hydrogens is 392 g/mol. The molecular formula is C24H40N4O3. The first kappa shape index (κ1) is 23.6. The number of likely N-dealkylation sites (tertiary alicyclic amines) is 2. The highest BCUT2D eigenvalue weighted by Gasteiger charge is 2.29. The molecule has 2 aliphatic rings. The van der Waals surface area contributed by atoms with Crippen LogP contribution in [0.3, 0.4) is 0 Å². The fraction of sp³-hybridized carbons (Fsp3) is 0.750. The molecule has 31 heavy (non-hydrogen) atoms. The van der Waals surface area contributed by atoms with Gasteiger partial charge in [0.2, 0.25) is 0 Å². The number of amides is 2. The Labute approximate surface area is 187 Å². The Bertz CT molecular complexity index is 736. The summed E-state index contributed by atoms with van der Waals surface area (Å²) in [5.41, 5.74) is 0.241. The first-order valence-electron chi connectivity index (χ1n) is 11.8. The molecule has 2 amide bonds. The predicted octanol–water partition coefficient (Wildman–Crippen LogP) is 3.91. The molecule has 0 saturated carbocycles. The first-order chi connectivity index (χ1) is 14.6. The number of piperidine rings is 2. The summed E-state index contributed by atoms with van der Waals surface area (Å²) < 4.78 is 7.58. The quantitative estimate of drug-likeness (QED) is 0.766. The van der Waals surface area contributed by atoms with Gasteiger partial charge < -0.3 is 24.4 Å². The lowest BCUT2D eigenvalue weighted by Gasteiger charge is -2.35. The molecule has 0 aromatic carbocycles. The Morgan fingerprint density at radius 2 is 1.74 bits per heavy atom. The van der Waals surface area contributed by atoms with Crippen molar-refractivity contribution in [3.8, 4) is 0 Å². The average molecular weight is 433 g/mol. The summed E-state index contributed by atoms with van der Waals surface area (Å²) in [6.07, 6.45) is 5.40.